The summed E-state index contributed by atoms with van der Waals surface area (Å²) in [6.07, 6.45) is 2.10. The molecule has 4 atom stereocenters. The summed E-state index contributed by atoms with van der Waals surface area (Å²) in [5, 5.41) is 2.85. The van der Waals surface area contributed by atoms with Gasteiger partial charge in [0.2, 0.25) is 0 Å². The minimum atomic E-state index is -0.349. The first kappa shape index (κ1) is 12.1. The molecule has 3 nitrogen and oxygen atoms in total. The fourth-order valence-corrected chi connectivity index (χ4v) is 8.28. The van der Waals surface area contributed by atoms with Crippen LogP contribution in [0.2, 0.25) is 4.82 Å². The van der Waals surface area contributed by atoms with E-state index in [0.29, 0.717) is 17.3 Å². The SMILES string of the molecule is CC1(C)C2CC[C@@]1(C)C1(CNC(=O)O1)C2[Se]Cl. The number of rotatable bonds is 1. The zero-order chi connectivity index (χ0) is 12.5. The number of fused-ring (bicyclic) bond motifs is 3. The molecule has 96 valence electrons. The average Bonchev–Trinajstić information content (AvgIpc) is 2.78. The number of amides is 1. The van der Waals surface area contributed by atoms with Gasteiger partial charge in [0.25, 0.3) is 0 Å². The number of hydrogen-bond acceptors (Lipinski definition) is 2. The molecule has 0 radical (unpaired) electrons. The molecule has 0 aromatic carbocycles. The van der Waals surface area contributed by atoms with Crippen molar-refractivity contribution in [3.63, 3.8) is 0 Å². The van der Waals surface area contributed by atoms with Crippen molar-refractivity contribution in [2.45, 2.75) is 44.0 Å². The third kappa shape index (κ3) is 1.13. The molecule has 0 aromatic rings. The molecular formula is C12H18ClNO2Se. The Labute approximate surface area is 112 Å². The summed E-state index contributed by atoms with van der Waals surface area (Å²) in [7, 11) is 6.25. The quantitative estimate of drug-likeness (QED) is 0.754. The van der Waals surface area contributed by atoms with E-state index in [4.69, 9.17) is 14.8 Å². The van der Waals surface area contributed by atoms with Gasteiger partial charge in [-0.05, 0) is 0 Å². The monoisotopic (exact) mass is 323 g/mol. The van der Waals surface area contributed by atoms with Crippen LogP contribution >= 0.6 is 10.1 Å². The molecule has 3 fully saturated rings. The summed E-state index contributed by atoms with van der Waals surface area (Å²) in [6, 6.07) is 0. The van der Waals surface area contributed by atoms with Crippen LogP contribution in [0, 0.1) is 16.7 Å². The number of nitrogens with one attached hydrogen (secondary N) is 1. The number of carbonyl (C=O) groups is 1. The fourth-order valence-electron chi connectivity index (χ4n) is 4.50. The van der Waals surface area contributed by atoms with E-state index < -0.39 is 0 Å². The normalized spacial score (nSPS) is 50.7. The Balaban J connectivity index is 2.12. The number of hydrogen-bond donors (Lipinski definition) is 1. The van der Waals surface area contributed by atoms with Crippen LogP contribution in [0.1, 0.15) is 33.6 Å². The van der Waals surface area contributed by atoms with Gasteiger partial charge in [0.15, 0.2) is 0 Å². The molecule has 1 amide bonds. The van der Waals surface area contributed by atoms with Crippen LogP contribution in [0.5, 0.6) is 0 Å². The van der Waals surface area contributed by atoms with E-state index in [-0.39, 0.29) is 36.6 Å². The maximum absolute atomic E-state index is 11.5. The van der Waals surface area contributed by atoms with Crippen LogP contribution in [-0.4, -0.2) is 32.3 Å². The zero-order valence-corrected chi connectivity index (χ0v) is 12.8. The van der Waals surface area contributed by atoms with Gasteiger partial charge < -0.3 is 0 Å². The van der Waals surface area contributed by atoms with Crippen molar-refractivity contribution in [1.82, 2.24) is 5.32 Å². The molecule has 1 heterocycles. The molecule has 0 aromatic heterocycles. The van der Waals surface area contributed by atoms with E-state index in [9.17, 15) is 4.79 Å². The molecule has 1 saturated heterocycles. The van der Waals surface area contributed by atoms with Gasteiger partial charge in [0.1, 0.15) is 0 Å². The van der Waals surface area contributed by atoms with Crippen molar-refractivity contribution in [1.29, 1.82) is 0 Å². The maximum atomic E-state index is 11.5. The summed E-state index contributed by atoms with van der Waals surface area (Å²) in [4.78, 5) is 11.9. The number of carbonyl (C=O) groups excluding carboxylic acids is 1. The third-order valence-corrected chi connectivity index (χ3v) is 8.82. The second-order valence-electron chi connectivity index (χ2n) is 6.34. The Morgan fingerprint density at radius 1 is 1.47 bits per heavy atom. The first-order valence-corrected chi connectivity index (χ1v) is 9.37. The Morgan fingerprint density at radius 2 is 2.18 bits per heavy atom. The second-order valence-corrected chi connectivity index (χ2v) is 8.71. The van der Waals surface area contributed by atoms with E-state index in [1.165, 1.54) is 6.42 Å². The summed E-state index contributed by atoms with van der Waals surface area (Å²) in [5.41, 5.74) is -0.0794. The van der Waals surface area contributed by atoms with Gasteiger partial charge in [0.05, 0.1) is 0 Å². The molecule has 5 heteroatoms. The van der Waals surface area contributed by atoms with Gasteiger partial charge in [0, 0.05) is 0 Å². The first-order valence-electron chi connectivity index (χ1n) is 6.13. The van der Waals surface area contributed by atoms with Gasteiger partial charge in [-0.15, -0.1) is 0 Å². The standard InChI is InChI=1S/C12H18ClNO2Se/c1-10(2)7-4-5-11(10,3)12(8(7)17-13)6-14-9(15)16-12/h7-8H,4-6H2,1-3H3,(H,14,15)/t7?,8?,11-,12?/m1/s1. The van der Waals surface area contributed by atoms with Crippen molar-refractivity contribution in [3.8, 4) is 0 Å². The van der Waals surface area contributed by atoms with Crippen LogP contribution in [0.4, 0.5) is 4.79 Å². The van der Waals surface area contributed by atoms with Gasteiger partial charge in [-0.1, -0.05) is 0 Å². The van der Waals surface area contributed by atoms with Crippen LogP contribution < -0.4 is 5.32 Å². The zero-order valence-electron chi connectivity index (χ0n) is 10.4. The van der Waals surface area contributed by atoms with E-state index in [2.05, 4.69) is 26.1 Å². The summed E-state index contributed by atoms with van der Waals surface area (Å²) < 4.78 is 5.77. The van der Waals surface area contributed by atoms with Crippen LogP contribution in [0.15, 0.2) is 0 Å². The van der Waals surface area contributed by atoms with Crippen molar-refractivity contribution in [2.24, 2.45) is 16.7 Å². The molecule has 3 aliphatic rings. The van der Waals surface area contributed by atoms with Gasteiger partial charge in [-0.3, -0.25) is 0 Å². The molecule has 17 heavy (non-hydrogen) atoms. The summed E-state index contributed by atoms with van der Waals surface area (Å²) in [6.45, 7) is 7.57. The number of ether oxygens (including phenoxy) is 1. The predicted molar refractivity (Wildman–Crippen MR) is 67.2 cm³/mol. The van der Waals surface area contributed by atoms with E-state index >= 15 is 0 Å². The van der Waals surface area contributed by atoms with Crippen LogP contribution in [-0.2, 0) is 4.74 Å². The summed E-state index contributed by atoms with van der Waals surface area (Å²) >= 11 is 0.00637. The number of halogens is 1. The third-order valence-electron chi connectivity index (χ3n) is 5.93. The Bertz CT molecular complexity index is 389. The molecule has 2 saturated carbocycles. The summed E-state index contributed by atoms with van der Waals surface area (Å²) in [5.74, 6) is 0.595. The van der Waals surface area contributed by atoms with Crippen LogP contribution in [0.25, 0.3) is 0 Å². The molecule has 1 N–H and O–H groups in total. The molecule has 2 bridgehead atoms. The topological polar surface area (TPSA) is 38.3 Å². The fraction of sp³-hybridized carbons (Fsp3) is 0.917. The van der Waals surface area contributed by atoms with Gasteiger partial charge in [-0.25, -0.2) is 0 Å². The van der Waals surface area contributed by atoms with Crippen molar-refractivity contribution >= 4 is 30.2 Å². The predicted octanol–water partition coefficient (Wildman–Crippen LogP) is 2.57. The van der Waals surface area contributed by atoms with E-state index in [1.807, 2.05) is 0 Å². The molecule has 3 unspecified atom stereocenters. The Hall–Kier alpha value is 0.0795. The average molecular weight is 323 g/mol. The van der Waals surface area contributed by atoms with Crippen molar-refractivity contribution in [2.75, 3.05) is 6.54 Å². The van der Waals surface area contributed by atoms with Crippen molar-refractivity contribution < 1.29 is 9.53 Å². The van der Waals surface area contributed by atoms with Crippen molar-refractivity contribution in [3.05, 3.63) is 0 Å². The molecule has 1 spiro atoms. The minimum absolute atomic E-state index is 0.00637. The van der Waals surface area contributed by atoms with Gasteiger partial charge in [-0.2, -0.15) is 0 Å². The molecule has 1 aliphatic heterocycles. The first-order chi connectivity index (χ1) is 7.89. The molecule has 3 rings (SSSR count). The molecular weight excluding hydrogens is 305 g/mol. The van der Waals surface area contributed by atoms with E-state index in [0.717, 1.165) is 6.42 Å². The van der Waals surface area contributed by atoms with Crippen LogP contribution in [0.3, 0.4) is 0 Å². The Morgan fingerprint density at radius 3 is 2.71 bits per heavy atom. The van der Waals surface area contributed by atoms with Gasteiger partial charge >= 0.3 is 112 Å². The second kappa shape index (κ2) is 3.34. The molecule has 2 aliphatic carbocycles. The Kier molecular flexibility index (Phi) is 2.38. The number of alkyl carbamates (subject to hydrolysis) is 1. The van der Waals surface area contributed by atoms with E-state index in [1.54, 1.807) is 0 Å².